The molecule has 0 saturated heterocycles. The quantitative estimate of drug-likeness (QED) is 0.568. The lowest BCUT2D eigenvalue weighted by Crippen LogP contribution is -2.02. The maximum atomic E-state index is 14.1. The van der Waals surface area contributed by atoms with Gasteiger partial charge >= 0.3 is 6.18 Å². The fourth-order valence-electron chi connectivity index (χ4n) is 1.95. The zero-order chi connectivity index (χ0) is 18.2. The second kappa shape index (κ2) is 6.32. The number of nitrogens with zero attached hydrogens (tertiary/aromatic N) is 2. The van der Waals surface area contributed by atoms with Crippen LogP contribution in [0.1, 0.15) is 5.76 Å². The van der Waals surface area contributed by atoms with Crippen LogP contribution < -0.4 is 4.74 Å². The van der Waals surface area contributed by atoms with Gasteiger partial charge in [0.05, 0.1) is 10.6 Å². The third kappa shape index (κ3) is 3.55. The lowest BCUT2D eigenvalue weighted by atomic mass is 10.1. The molecule has 0 fully saturated rings. The molecule has 0 saturated carbocycles. The van der Waals surface area contributed by atoms with Gasteiger partial charge in [0.1, 0.15) is 17.3 Å². The Labute approximate surface area is 141 Å². The first-order valence-corrected chi connectivity index (χ1v) is 6.95. The zero-order valence-electron chi connectivity index (χ0n) is 11.9. The Kier molecular flexibility index (Phi) is 4.34. The zero-order valence-corrected chi connectivity index (χ0v) is 12.7. The van der Waals surface area contributed by atoms with E-state index in [-0.39, 0.29) is 10.8 Å². The van der Waals surface area contributed by atoms with Gasteiger partial charge in [-0.15, -0.1) is 0 Å². The molecule has 0 bridgehead atoms. The van der Waals surface area contributed by atoms with Crippen LogP contribution in [-0.2, 0) is 6.18 Å². The SMILES string of the molecule is Fc1cc(Cl)cnc1Oc1cccc(F)c1-c1cc(C(F)(F)F)on1. The van der Waals surface area contributed by atoms with Crippen LogP contribution in [0.4, 0.5) is 22.0 Å². The lowest BCUT2D eigenvalue weighted by molar-refractivity contribution is -0.155. The van der Waals surface area contributed by atoms with Crippen molar-refractivity contribution in [1.82, 2.24) is 10.1 Å². The largest absolute Gasteiger partial charge is 0.452 e. The first-order chi connectivity index (χ1) is 11.8. The van der Waals surface area contributed by atoms with Crippen molar-refractivity contribution in [3.05, 3.63) is 58.9 Å². The Morgan fingerprint density at radius 1 is 1.08 bits per heavy atom. The monoisotopic (exact) mass is 376 g/mol. The van der Waals surface area contributed by atoms with Crippen LogP contribution in [-0.4, -0.2) is 10.1 Å². The van der Waals surface area contributed by atoms with E-state index in [2.05, 4.69) is 14.7 Å². The molecule has 3 rings (SSSR count). The number of aromatic nitrogens is 2. The molecule has 2 aromatic heterocycles. The molecule has 3 aromatic rings. The summed E-state index contributed by atoms with van der Waals surface area (Å²) in [5, 5.41) is 3.21. The third-order valence-corrected chi connectivity index (χ3v) is 3.21. The Hall–Kier alpha value is -2.68. The van der Waals surface area contributed by atoms with Crippen LogP contribution in [0.15, 0.2) is 41.1 Å². The van der Waals surface area contributed by atoms with Crippen molar-refractivity contribution in [3.8, 4) is 22.9 Å². The molecule has 4 nitrogen and oxygen atoms in total. The first-order valence-electron chi connectivity index (χ1n) is 6.57. The minimum absolute atomic E-state index is 0.00985. The minimum Gasteiger partial charge on any atom is -0.436 e. The van der Waals surface area contributed by atoms with Gasteiger partial charge in [-0.25, -0.2) is 13.8 Å². The van der Waals surface area contributed by atoms with Crippen molar-refractivity contribution < 1.29 is 31.2 Å². The number of hydrogen-bond acceptors (Lipinski definition) is 4. The highest BCUT2D eigenvalue weighted by Gasteiger charge is 2.36. The van der Waals surface area contributed by atoms with Crippen LogP contribution in [0.25, 0.3) is 11.3 Å². The normalized spacial score (nSPS) is 11.6. The van der Waals surface area contributed by atoms with Gasteiger partial charge in [-0.2, -0.15) is 13.2 Å². The van der Waals surface area contributed by atoms with Gasteiger partial charge in [-0.1, -0.05) is 22.8 Å². The van der Waals surface area contributed by atoms with E-state index in [1.165, 1.54) is 12.1 Å². The van der Waals surface area contributed by atoms with E-state index < -0.39 is 40.7 Å². The van der Waals surface area contributed by atoms with E-state index in [1.54, 1.807) is 0 Å². The van der Waals surface area contributed by atoms with Crippen molar-refractivity contribution in [2.75, 3.05) is 0 Å². The maximum Gasteiger partial charge on any atom is 0.452 e. The summed E-state index contributed by atoms with van der Waals surface area (Å²) in [5.41, 5.74) is -0.896. The smallest absolute Gasteiger partial charge is 0.436 e. The molecule has 0 radical (unpaired) electrons. The van der Waals surface area contributed by atoms with E-state index in [9.17, 15) is 22.0 Å². The number of halogens is 6. The maximum absolute atomic E-state index is 14.1. The topological polar surface area (TPSA) is 48.2 Å². The molecule has 0 atom stereocenters. The molecule has 130 valence electrons. The van der Waals surface area contributed by atoms with E-state index in [0.717, 1.165) is 18.3 Å². The molecule has 2 heterocycles. The fourth-order valence-corrected chi connectivity index (χ4v) is 2.09. The summed E-state index contributed by atoms with van der Waals surface area (Å²) >= 11 is 5.57. The number of alkyl halides is 3. The molecule has 1 aromatic carbocycles. The summed E-state index contributed by atoms with van der Waals surface area (Å²) in [6.45, 7) is 0. The molecule has 0 N–H and O–H groups in total. The molecule has 10 heteroatoms. The molecule has 0 aliphatic rings. The van der Waals surface area contributed by atoms with Crippen molar-refractivity contribution in [1.29, 1.82) is 0 Å². The number of pyridine rings is 1. The Bertz CT molecular complexity index is 927. The summed E-state index contributed by atoms with van der Waals surface area (Å²) in [4.78, 5) is 3.61. The van der Waals surface area contributed by atoms with E-state index in [0.29, 0.717) is 6.07 Å². The molecule has 0 aliphatic carbocycles. The standard InChI is InChI=1S/C15H6ClF5N2O2/c16-7-4-9(18)14(22-6-7)24-11-3-1-2-8(17)13(11)10-5-12(25-23-10)15(19,20)21/h1-6H. The summed E-state index contributed by atoms with van der Waals surface area (Å²) in [5.74, 6) is -4.10. The predicted octanol–water partition coefficient (Wildman–Crippen LogP) is 5.48. The highest BCUT2D eigenvalue weighted by atomic mass is 35.5. The Morgan fingerprint density at radius 3 is 2.48 bits per heavy atom. The summed E-state index contributed by atoms with van der Waals surface area (Å²) in [6.07, 6.45) is -3.70. The summed E-state index contributed by atoms with van der Waals surface area (Å²) in [6, 6.07) is 4.86. The van der Waals surface area contributed by atoms with Crippen LogP contribution in [0.5, 0.6) is 11.6 Å². The van der Waals surface area contributed by atoms with Crippen LogP contribution in [0, 0.1) is 11.6 Å². The fraction of sp³-hybridized carbons (Fsp3) is 0.0667. The van der Waals surface area contributed by atoms with Gasteiger partial charge in [0.25, 0.3) is 5.88 Å². The first kappa shape index (κ1) is 17.2. The number of rotatable bonds is 3. The highest BCUT2D eigenvalue weighted by Crippen LogP contribution is 2.38. The molecule has 0 unspecified atom stereocenters. The molecule has 0 amide bonds. The van der Waals surface area contributed by atoms with Crippen LogP contribution >= 0.6 is 11.6 Å². The van der Waals surface area contributed by atoms with Gasteiger partial charge in [-0.05, 0) is 18.2 Å². The molecule has 0 aliphatic heterocycles. The van der Waals surface area contributed by atoms with E-state index in [1.807, 2.05) is 0 Å². The van der Waals surface area contributed by atoms with Crippen LogP contribution in [0.3, 0.4) is 0 Å². The predicted molar refractivity (Wildman–Crippen MR) is 76.2 cm³/mol. The van der Waals surface area contributed by atoms with Crippen molar-refractivity contribution >= 4 is 11.6 Å². The highest BCUT2D eigenvalue weighted by molar-refractivity contribution is 6.30. The average molecular weight is 377 g/mol. The lowest BCUT2D eigenvalue weighted by Gasteiger charge is -2.10. The van der Waals surface area contributed by atoms with Gasteiger partial charge in [-0.3, -0.25) is 0 Å². The van der Waals surface area contributed by atoms with Crippen molar-refractivity contribution in [2.24, 2.45) is 0 Å². The van der Waals surface area contributed by atoms with Gasteiger partial charge in [0, 0.05) is 12.3 Å². The number of benzene rings is 1. The molecular weight excluding hydrogens is 371 g/mol. The minimum atomic E-state index is -4.79. The third-order valence-electron chi connectivity index (χ3n) is 3.00. The van der Waals surface area contributed by atoms with Gasteiger partial charge < -0.3 is 9.26 Å². The molecule has 0 spiro atoms. The molecular formula is C15H6ClF5N2O2. The summed E-state index contributed by atoms with van der Waals surface area (Å²) < 4.78 is 75.1. The Morgan fingerprint density at radius 2 is 1.84 bits per heavy atom. The van der Waals surface area contributed by atoms with E-state index in [4.69, 9.17) is 16.3 Å². The van der Waals surface area contributed by atoms with Gasteiger partial charge in [0.15, 0.2) is 5.82 Å². The summed E-state index contributed by atoms with van der Waals surface area (Å²) in [7, 11) is 0. The second-order valence-electron chi connectivity index (χ2n) is 4.73. The van der Waals surface area contributed by atoms with Gasteiger partial charge in [0.2, 0.25) is 5.76 Å². The van der Waals surface area contributed by atoms with Crippen molar-refractivity contribution in [3.63, 3.8) is 0 Å². The number of ether oxygens (including phenoxy) is 1. The van der Waals surface area contributed by atoms with Crippen LogP contribution in [0.2, 0.25) is 5.02 Å². The number of hydrogen-bond donors (Lipinski definition) is 0. The van der Waals surface area contributed by atoms with Crippen molar-refractivity contribution in [2.45, 2.75) is 6.18 Å². The van der Waals surface area contributed by atoms with E-state index >= 15 is 0 Å². The average Bonchev–Trinajstić information content (AvgIpc) is 3.00. The second-order valence-corrected chi connectivity index (χ2v) is 5.17. The Balaban J connectivity index is 2.04. The molecule has 25 heavy (non-hydrogen) atoms.